The normalized spacial score (nSPS) is 22.9. The maximum Gasteiger partial charge on any atom is 0.257 e. The van der Waals surface area contributed by atoms with E-state index in [1.807, 2.05) is 16.7 Å². The van der Waals surface area contributed by atoms with Crippen molar-refractivity contribution in [2.45, 2.75) is 31.7 Å². The summed E-state index contributed by atoms with van der Waals surface area (Å²) in [5.74, 6) is 2.22. The zero-order chi connectivity index (χ0) is 18.5. The molecule has 2 atom stereocenters. The molecule has 0 radical (unpaired) electrons. The molecule has 2 saturated heterocycles. The van der Waals surface area contributed by atoms with Crippen LogP contribution in [0.5, 0.6) is 0 Å². The predicted octanol–water partition coefficient (Wildman–Crippen LogP) is 1.72. The van der Waals surface area contributed by atoms with Crippen LogP contribution in [0.2, 0.25) is 0 Å². The number of piperidine rings is 2. The Morgan fingerprint density at radius 3 is 2.81 bits per heavy atom. The predicted molar refractivity (Wildman–Crippen MR) is 103 cm³/mol. The molecule has 0 aliphatic carbocycles. The number of carbonyl (C=O) groups excluding carboxylic acids is 2. The van der Waals surface area contributed by atoms with Gasteiger partial charge in [-0.1, -0.05) is 0 Å². The lowest BCUT2D eigenvalue weighted by molar-refractivity contribution is -0.140. The van der Waals surface area contributed by atoms with E-state index in [2.05, 4.69) is 26.4 Å². The highest BCUT2D eigenvalue weighted by Gasteiger charge is 2.40. The Labute approximate surface area is 158 Å². The molecule has 0 aromatic carbocycles. The zero-order valence-corrected chi connectivity index (χ0v) is 16.3. The van der Waals surface area contributed by atoms with Crippen molar-refractivity contribution in [2.24, 2.45) is 5.92 Å². The second-order valence-electron chi connectivity index (χ2n) is 6.88. The van der Waals surface area contributed by atoms with E-state index in [0.29, 0.717) is 36.9 Å². The second-order valence-corrected chi connectivity index (χ2v) is 7.87. The van der Waals surface area contributed by atoms with Crippen LogP contribution in [0.25, 0.3) is 0 Å². The molecule has 2 aliphatic rings. The molecule has 0 bridgehead atoms. The standard InChI is InChI=1S/C18H27N5O2S/c1-19-18-20-10-14(11-21-18)17(25)22-8-6-15-13(12-22)4-5-16(24)23(15)7-3-9-26-2/h10-11,13,15H,3-9,12H2,1-2H3,(H,19,20,21). The Balaban J connectivity index is 1.63. The van der Waals surface area contributed by atoms with Crippen LogP contribution in [-0.2, 0) is 4.79 Å². The average Bonchev–Trinajstić information content (AvgIpc) is 2.69. The third kappa shape index (κ3) is 4.11. The number of rotatable bonds is 6. The first-order chi connectivity index (χ1) is 12.6. The van der Waals surface area contributed by atoms with Gasteiger partial charge in [0, 0.05) is 51.5 Å². The van der Waals surface area contributed by atoms with E-state index in [9.17, 15) is 9.59 Å². The van der Waals surface area contributed by atoms with Crippen LogP contribution < -0.4 is 5.32 Å². The highest BCUT2D eigenvalue weighted by molar-refractivity contribution is 7.98. The van der Waals surface area contributed by atoms with Crippen molar-refractivity contribution < 1.29 is 9.59 Å². The Kier molecular flexibility index (Phi) is 6.34. The molecule has 3 rings (SSSR count). The first-order valence-corrected chi connectivity index (χ1v) is 10.6. The van der Waals surface area contributed by atoms with Gasteiger partial charge in [0.1, 0.15) is 0 Å². The summed E-state index contributed by atoms with van der Waals surface area (Å²) in [6, 6.07) is 0.282. The first-order valence-electron chi connectivity index (χ1n) is 9.21. The number of thioether (sulfide) groups is 1. The Bertz CT molecular complexity index is 639. The molecular formula is C18H27N5O2S. The molecule has 2 fully saturated rings. The number of aromatic nitrogens is 2. The third-order valence-corrected chi connectivity index (χ3v) is 6.00. The summed E-state index contributed by atoms with van der Waals surface area (Å²) < 4.78 is 0. The van der Waals surface area contributed by atoms with Gasteiger partial charge in [0.2, 0.25) is 11.9 Å². The highest BCUT2D eigenvalue weighted by atomic mass is 32.2. The lowest BCUT2D eigenvalue weighted by Crippen LogP contribution is -2.57. The summed E-state index contributed by atoms with van der Waals surface area (Å²) in [6.45, 7) is 2.23. The van der Waals surface area contributed by atoms with E-state index < -0.39 is 0 Å². The quantitative estimate of drug-likeness (QED) is 0.761. The van der Waals surface area contributed by atoms with Crippen LogP contribution in [0, 0.1) is 5.92 Å². The van der Waals surface area contributed by atoms with E-state index in [1.54, 1.807) is 19.4 Å². The number of hydrogen-bond donors (Lipinski definition) is 1. The number of nitrogens with one attached hydrogen (secondary N) is 1. The SMILES string of the molecule is CNc1ncc(C(=O)N2CCC3C(CCC(=O)N3CCCSC)C2)cn1. The third-order valence-electron chi connectivity index (χ3n) is 5.30. The van der Waals surface area contributed by atoms with Gasteiger partial charge in [-0.2, -0.15) is 11.8 Å². The van der Waals surface area contributed by atoms with Crippen LogP contribution in [0.3, 0.4) is 0 Å². The maximum absolute atomic E-state index is 12.8. The van der Waals surface area contributed by atoms with Crippen LogP contribution >= 0.6 is 11.8 Å². The molecule has 1 N–H and O–H groups in total. The van der Waals surface area contributed by atoms with Gasteiger partial charge in [0.05, 0.1) is 5.56 Å². The van der Waals surface area contributed by atoms with E-state index in [4.69, 9.17) is 0 Å². The Morgan fingerprint density at radius 1 is 1.35 bits per heavy atom. The summed E-state index contributed by atoms with van der Waals surface area (Å²) in [5.41, 5.74) is 0.520. The van der Waals surface area contributed by atoms with Crippen molar-refractivity contribution in [2.75, 3.05) is 44.0 Å². The van der Waals surface area contributed by atoms with Crippen LogP contribution in [-0.4, -0.2) is 76.3 Å². The van der Waals surface area contributed by atoms with E-state index in [1.165, 1.54) is 0 Å². The zero-order valence-electron chi connectivity index (χ0n) is 15.5. The van der Waals surface area contributed by atoms with Crippen molar-refractivity contribution in [1.29, 1.82) is 0 Å². The summed E-state index contributed by atoms with van der Waals surface area (Å²) >= 11 is 1.82. The Morgan fingerprint density at radius 2 is 2.12 bits per heavy atom. The molecule has 142 valence electrons. The molecular weight excluding hydrogens is 350 g/mol. The minimum Gasteiger partial charge on any atom is -0.357 e. The average molecular weight is 378 g/mol. The molecule has 1 aromatic heterocycles. The number of amides is 2. The van der Waals surface area contributed by atoms with Crippen molar-refractivity contribution in [3.8, 4) is 0 Å². The minimum absolute atomic E-state index is 0.0167. The second kappa shape index (κ2) is 8.70. The van der Waals surface area contributed by atoms with E-state index in [0.717, 1.165) is 31.6 Å². The van der Waals surface area contributed by atoms with Crippen molar-refractivity contribution >= 4 is 29.5 Å². The van der Waals surface area contributed by atoms with E-state index >= 15 is 0 Å². The lowest BCUT2D eigenvalue weighted by Gasteiger charge is -2.47. The number of hydrogen-bond acceptors (Lipinski definition) is 6. The number of carbonyl (C=O) groups is 2. The van der Waals surface area contributed by atoms with Gasteiger partial charge in [-0.25, -0.2) is 9.97 Å². The van der Waals surface area contributed by atoms with Gasteiger partial charge < -0.3 is 15.1 Å². The lowest BCUT2D eigenvalue weighted by atomic mass is 9.83. The Hall–Kier alpha value is -1.83. The summed E-state index contributed by atoms with van der Waals surface area (Å²) in [6.07, 6.45) is 8.62. The molecule has 7 nitrogen and oxygen atoms in total. The molecule has 0 spiro atoms. The van der Waals surface area contributed by atoms with Gasteiger partial charge in [0.25, 0.3) is 5.91 Å². The van der Waals surface area contributed by atoms with Crippen molar-refractivity contribution in [3.05, 3.63) is 18.0 Å². The number of nitrogens with zero attached hydrogens (tertiary/aromatic N) is 4. The van der Waals surface area contributed by atoms with Crippen molar-refractivity contribution in [3.63, 3.8) is 0 Å². The van der Waals surface area contributed by atoms with Gasteiger partial charge >= 0.3 is 0 Å². The summed E-state index contributed by atoms with van der Waals surface area (Å²) in [4.78, 5) is 37.4. The van der Waals surface area contributed by atoms with Gasteiger partial charge in [0.15, 0.2) is 0 Å². The molecule has 3 heterocycles. The molecule has 2 amide bonds. The smallest absolute Gasteiger partial charge is 0.257 e. The number of likely N-dealkylation sites (tertiary alicyclic amines) is 2. The number of anilines is 1. The molecule has 2 aliphatic heterocycles. The summed E-state index contributed by atoms with van der Waals surface area (Å²) in [7, 11) is 1.75. The summed E-state index contributed by atoms with van der Waals surface area (Å²) in [5, 5.41) is 2.85. The fourth-order valence-electron chi connectivity index (χ4n) is 3.96. The topological polar surface area (TPSA) is 78.4 Å². The molecule has 26 heavy (non-hydrogen) atoms. The van der Waals surface area contributed by atoms with Gasteiger partial charge in [-0.15, -0.1) is 0 Å². The fraction of sp³-hybridized carbons (Fsp3) is 0.667. The minimum atomic E-state index is -0.0167. The maximum atomic E-state index is 12.8. The molecule has 8 heteroatoms. The van der Waals surface area contributed by atoms with Crippen molar-refractivity contribution in [1.82, 2.24) is 19.8 Å². The molecule has 1 aromatic rings. The van der Waals surface area contributed by atoms with Gasteiger partial charge in [-0.05, 0) is 37.2 Å². The van der Waals surface area contributed by atoms with Crippen LogP contribution in [0.15, 0.2) is 12.4 Å². The van der Waals surface area contributed by atoms with Gasteiger partial charge in [-0.3, -0.25) is 9.59 Å². The highest BCUT2D eigenvalue weighted by Crippen LogP contribution is 2.32. The largest absolute Gasteiger partial charge is 0.357 e. The fourth-order valence-corrected chi connectivity index (χ4v) is 4.37. The number of fused-ring (bicyclic) bond motifs is 1. The van der Waals surface area contributed by atoms with Crippen LogP contribution in [0.4, 0.5) is 5.95 Å². The first kappa shape index (κ1) is 18.9. The van der Waals surface area contributed by atoms with E-state index in [-0.39, 0.29) is 17.9 Å². The molecule has 2 unspecified atom stereocenters. The monoisotopic (exact) mass is 377 g/mol. The molecule has 0 saturated carbocycles. The van der Waals surface area contributed by atoms with Crippen LogP contribution in [0.1, 0.15) is 36.0 Å².